The number of aliphatic carboxylic acids is 1. The zero-order chi connectivity index (χ0) is 22.3. The predicted octanol–water partition coefficient (Wildman–Crippen LogP) is -2.07. The summed E-state index contributed by atoms with van der Waals surface area (Å²) in [6.45, 7) is -0.905. The van der Waals surface area contributed by atoms with Crippen molar-refractivity contribution in [2.75, 3.05) is 19.7 Å². The molecule has 0 aliphatic carbocycles. The van der Waals surface area contributed by atoms with E-state index >= 15 is 0 Å². The van der Waals surface area contributed by atoms with Gasteiger partial charge in [0.1, 0.15) is 17.8 Å². The van der Waals surface area contributed by atoms with Crippen LogP contribution in [0, 0.1) is 0 Å². The quantitative estimate of drug-likeness (QED) is 0.262. The van der Waals surface area contributed by atoms with Crippen LogP contribution < -0.4 is 16.4 Å². The van der Waals surface area contributed by atoms with E-state index in [-0.39, 0.29) is 12.2 Å². The van der Waals surface area contributed by atoms with Crippen molar-refractivity contribution in [2.45, 2.75) is 37.4 Å². The SMILES string of the molecule is NC(Cc1ccc(O)cc1)C(=O)N1CCCC1C(=O)NCC(=O)NC(CO)C(=O)O. The van der Waals surface area contributed by atoms with E-state index in [1.807, 2.05) is 0 Å². The number of rotatable bonds is 9. The second-order valence-electron chi connectivity index (χ2n) is 7.03. The van der Waals surface area contributed by atoms with E-state index in [4.69, 9.17) is 15.9 Å². The van der Waals surface area contributed by atoms with Crippen molar-refractivity contribution in [3.63, 3.8) is 0 Å². The van der Waals surface area contributed by atoms with Crippen LogP contribution in [0.2, 0.25) is 0 Å². The van der Waals surface area contributed by atoms with Crippen LogP contribution in [0.5, 0.6) is 5.75 Å². The van der Waals surface area contributed by atoms with Crippen molar-refractivity contribution in [3.8, 4) is 5.75 Å². The first-order valence-corrected chi connectivity index (χ1v) is 9.47. The number of aliphatic hydroxyl groups is 1. The number of benzene rings is 1. The van der Waals surface area contributed by atoms with Gasteiger partial charge in [-0.05, 0) is 37.0 Å². The third-order valence-electron chi connectivity index (χ3n) is 4.79. The van der Waals surface area contributed by atoms with E-state index in [1.54, 1.807) is 12.1 Å². The number of aromatic hydroxyl groups is 1. The van der Waals surface area contributed by atoms with Crippen LogP contribution in [0.15, 0.2) is 24.3 Å². The van der Waals surface area contributed by atoms with Gasteiger partial charge in [-0.15, -0.1) is 0 Å². The number of nitrogens with two attached hydrogens (primary N) is 1. The number of carboxylic acid groups (broad SMARTS) is 1. The molecule has 1 aromatic rings. The van der Waals surface area contributed by atoms with Crippen LogP contribution in [0.3, 0.4) is 0 Å². The smallest absolute Gasteiger partial charge is 0.328 e. The number of phenolic OH excluding ortho intramolecular Hbond substituents is 1. The number of carbonyl (C=O) groups excluding carboxylic acids is 3. The Balaban J connectivity index is 1.89. The molecule has 0 aromatic heterocycles. The molecule has 11 nitrogen and oxygen atoms in total. The second kappa shape index (κ2) is 10.6. The second-order valence-corrected chi connectivity index (χ2v) is 7.03. The minimum atomic E-state index is -1.46. The van der Waals surface area contributed by atoms with Crippen LogP contribution in [-0.2, 0) is 25.6 Å². The molecule has 164 valence electrons. The average Bonchev–Trinajstić information content (AvgIpc) is 3.20. The maximum atomic E-state index is 12.7. The van der Waals surface area contributed by atoms with Crippen molar-refractivity contribution in [1.82, 2.24) is 15.5 Å². The van der Waals surface area contributed by atoms with Crippen molar-refractivity contribution in [3.05, 3.63) is 29.8 Å². The fourth-order valence-electron chi connectivity index (χ4n) is 3.21. The normalized spacial score (nSPS) is 17.8. The first kappa shape index (κ1) is 23.1. The molecule has 1 fully saturated rings. The zero-order valence-electron chi connectivity index (χ0n) is 16.3. The Hall–Kier alpha value is -3.18. The summed E-state index contributed by atoms with van der Waals surface area (Å²) >= 11 is 0. The molecule has 30 heavy (non-hydrogen) atoms. The number of phenols is 1. The first-order valence-electron chi connectivity index (χ1n) is 9.47. The summed E-state index contributed by atoms with van der Waals surface area (Å²) in [5.41, 5.74) is 6.79. The molecule has 1 aliphatic heterocycles. The van der Waals surface area contributed by atoms with E-state index in [9.17, 15) is 24.3 Å². The summed E-state index contributed by atoms with van der Waals surface area (Å²) < 4.78 is 0. The summed E-state index contributed by atoms with van der Waals surface area (Å²) in [7, 11) is 0. The third-order valence-corrected chi connectivity index (χ3v) is 4.79. The van der Waals surface area contributed by atoms with Gasteiger partial charge in [0.2, 0.25) is 17.7 Å². The molecule has 3 amide bonds. The number of carbonyl (C=O) groups is 4. The molecule has 1 heterocycles. The van der Waals surface area contributed by atoms with Crippen LogP contribution in [-0.4, -0.2) is 81.7 Å². The summed E-state index contributed by atoms with van der Waals surface area (Å²) in [6.07, 6.45) is 1.26. The Kier molecular flexibility index (Phi) is 8.13. The number of nitrogens with zero attached hydrogens (tertiary/aromatic N) is 1. The third kappa shape index (κ3) is 6.16. The number of aliphatic hydroxyl groups excluding tert-OH is 1. The molecule has 7 N–H and O–H groups in total. The largest absolute Gasteiger partial charge is 0.508 e. The minimum Gasteiger partial charge on any atom is -0.508 e. The van der Waals surface area contributed by atoms with E-state index in [0.717, 1.165) is 5.56 Å². The number of nitrogens with one attached hydrogen (secondary N) is 2. The number of likely N-dealkylation sites (tertiary alicyclic amines) is 1. The van der Waals surface area contributed by atoms with Crippen LogP contribution in [0.25, 0.3) is 0 Å². The van der Waals surface area contributed by atoms with Crippen molar-refractivity contribution in [2.24, 2.45) is 5.73 Å². The minimum absolute atomic E-state index is 0.104. The summed E-state index contributed by atoms with van der Waals surface area (Å²) in [5.74, 6) is -3.00. The van der Waals surface area contributed by atoms with Gasteiger partial charge in [0.25, 0.3) is 0 Å². The number of amides is 3. The van der Waals surface area contributed by atoms with Gasteiger partial charge in [-0.1, -0.05) is 12.1 Å². The highest BCUT2D eigenvalue weighted by atomic mass is 16.4. The standard InChI is InChI=1S/C19H26N4O7/c20-13(8-11-3-5-12(25)6-4-11)18(28)23-7-1-2-15(23)17(27)21-9-16(26)22-14(10-24)19(29)30/h3-6,13-15,24-25H,1-2,7-10,20H2,(H,21,27)(H,22,26)(H,29,30). The Bertz CT molecular complexity index is 784. The monoisotopic (exact) mass is 422 g/mol. The highest BCUT2D eigenvalue weighted by Gasteiger charge is 2.36. The van der Waals surface area contributed by atoms with Crippen molar-refractivity contribution in [1.29, 1.82) is 0 Å². The van der Waals surface area contributed by atoms with Crippen LogP contribution in [0.1, 0.15) is 18.4 Å². The molecule has 0 spiro atoms. The van der Waals surface area contributed by atoms with Gasteiger partial charge in [0.15, 0.2) is 0 Å². The molecule has 2 rings (SSSR count). The lowest BCUT2D eigenvalue weighted by Crippen LogP contribution is -2.53. The lowest BCUT2D eigenvalue weighted by molar-refractivity contribution is -0.143. The van der Waals surface area contributed by atoms with Crippen LogP contribution in [0.4, 0.5) is 0 Å². The van der Waals surface area contributed by atoms with E-state index in [2.05, 4.69) is 10.6 Å². The lowest BCUT2D eigenvalue weighted by Gasteiger charge is -2.26. The lowest BCUT2D eigenvalue weighted by atomic mass is 10.0. The molecule has 0 saturated carbocycles. The van der Waals surface area contributed by atoms with Gasteiger partial charge in [0.05, 0.1) is 19.2 Å². The Morgan fingerprint density at radius 3 is 2.47 bits per heavy atom. The van der Waals surface area contributed by atoms with E-state index in [0.29, 0.717) is 19.4 Å². The number of hydrogen-bond acceptors (Lipinski definition) is 7. The molecule has 11 heteroatoms. The van der Waals surface area contributed by atoms with Gasteiger partial charge in [0, 0.05) is 6.54 Å². The fraction of sp³-hybridized carbons (Fsp3) is 0.474. The van der Waals surface area contributed by atoms with E-state index in [1.165, 1.54) is 17.0 Å². The van der Waals surface area contributed by atoms with Gasteiger partial charge < -0.3 is 36.6 Å². The maximum absolute atomic E-state index is 12.7. The molecular weight excluding hydrogens is 396 g/mol. The number of carboxylic acids is 1. The van der Waals surface area contributed by atoms with Crippen LogP contribution >= 0.6 is 0 Å². The molecular formula is C19H26N4O7. The fourth-order valence-corrected chi connectivity index (χ4v) is 3.21. The van der Waals surface area contributed by atoms with Crippen molar-refractivity contribution >= 4 is 23.7 Å². The van der Waals surface area contributed by atoms with Crippen molar-refractivity contribution < 1.29 is 34.5 Å². The van der Waals surface area contributed by atoms with Gasteiger partial charge in [-0.25, -0.2) is 4.79 Å². The topological polar surface area (TPSA) is 182 Å². The Morgan fingerprint density at radius 2 is 1.87 bits per heavy atom. The molecule has 1 saturated heterocycles. The summed E-state index contributed by atoms with van der Waals surface area (Å²) in [4.78, 5) is 49.1. The predicted molar refractivity (Wildman–Crippen MR) is 104 cm³/mol. The molecule has 3 atom stereocenters. The first-order chi connectivity index (χ1) is 14.2. The van der Waals surface area contributed by atoms with Gasteiger partial charge in [-0.3, -0.25) is 14.4 Å². The zero-order valence-corrected chi connectivity index (χ0v) is 16.3. The summed E-state index contributed by atoms with van der Waals surface area (Å²) in [5, 5.41) is 31.5. The van der Waals surface area contributed by atoms with Gasteiger partial charge in [-0.2, -0.15) is 0 Å². The molecule has 0 radical (unpaired) electrons. The molecule has 3 unspecified atom stereocenters. The molecule has 1 aliphatic rings. The maximum Gasteiger partial charge on any atom is 0.328 e. The Labute approximate surface area is 172 Å². The summed E-state index contributed by atoms with van der Waals surface area (Å²) in [6, 6.07) is 3.20. The molecule has 0 bridgehead atoms. The van der Waals surface area contributed by atoms with E-state index < -0.39 is 55.0 Å². The molecule has 1 aromatic carbocycles. The number of hydrogen-bond donors (Lipinski definition) is 6. The average molecular weight is 422 g/mol. The van der Waals surface area contributed by atoms with Gasteiger partial charge >= 0.3 is 5.97 Å². The Morgan fingerprint density at radius 1 is 1.20 bits per heavy atom. The highest BCUT2D eigenvalue weighted by molar-refractivity contribution is 5.93. The highest BCUT2D eigenvalue weighted by Crippen LogP contribution is 2.19.